The molecule has 0 aromatic heterocycles. The number of rotatable bonds is 1. The molecule has 0 N–H and O–H groups in total. The van der Waals surface area contributed by atoms with Crippen LogP contribution >= 0.6 is 0 Å². The van der Waals surface area contributed by atoms with Crippen LogP contribution in [0.3, 0.4) is 0 Å². The van der Waals surface area contributed by atoms with Crippen molar-refractivity contribution in [2.75, 3.05) is 6.61 Å². The highest BCUT2D eigenvalue weighted by Crippen LogP contribution is 2.39. The minimum Gasteiger partial charge on any atom is -0.370 e. The third-order valence-electron chi connectivity index (χ3n) is 2.69. The third kappa shape index (κ3) is 1.38. The molecule has 3 aliphatic rings. The Morgan fingerprint density at radius 1 is 1.08 bits per heavy atom. The molecule has 0 radical (unpaired) electrons. The van der Waals surface area contributed by atoms with Crippen LogP contribution in [0, 0.1) is 0 Å². The summed E-state index contributed by atoms with van der Waals surface area (Å²) < 4.78 is 22.1. The maximum absolute atomic E-state index is 5.68. The van der Waals surface area contributed by atoms with Gasteiger partial charge in [-0.25, -0.2) is 0 Å². The number of hydrogen-bond donors (Lipinski definition) is 0. The van der Waals surface area contributed by atoms with E-state index in [2.05, 4.69) is 0 Å². The van der Waals surface area contributed by atoms with Gasteiger partial charge in [-0.05, 0) is 13.8 Å². The lowest BCUT2D eigenvalue weighted by atomic mass is 10.1. The fourth-order valence-corrected chi connectivity index (χ4v) is 2.04. The van der Waals surface area contributed by atoms with Gasteiger partial charge in [0.1, 0.15) is 12.2 Å². The average Bonchev–Trinajstić information content (AvgIpc) is 2.71. The van der Waals surface area contributed by atoms with Crippen molar-refractivity contribution >= 4 is 0 Å². The first-order chi connectivity index (χ1) is 6.14. The molecule has 0 aromatic rings. The van der Waals surface area contributed by atoms with Crippen molar-refractivity contribution in [3.05, 3.63) is 0 Å². The quantitative estimate of drug-likeness (QED) is 0.564. The van der Waals surface area contributed by atoms with Crippen molar-refractivity contribution in [2.24, 2.45) is 0 Å². The summed E-state index contributed by atoms with van der Waals surface area (Å²) in [5, 5.41) is 0. The lowest BCUT2D eigenvalue weighted by Crippen LogP contribution is -2.26. The van der Waals surface area contributed by atoms with E-state index in [1.165, 1.54) is 0 Å². The first-order valence-corrected chi connectivity index (χ1v) is 4.77. The molecule has 3 fully saturated rings. The first kappa shape index (κ1) is 8.17. The zero-order valence-electron chi connectivity index (χ0n) is 7.86. The zero-order valence-corrected chi connectivity index (χ0v) is 7.86. The summed E-state index contributed by atoms with van der Waals surface area (Å²) in [6.07, 6.45) is 1.30. The molecule has 4 nitrogen and oxygen atoms in total. The molecule has 0 bridgehead atoms. The fraction of sp³-hybridized carbons (Fsp3) is 1.00. The molecule has 0 aliphatic carbocycles. The largest absolute Gasteiger partial charge is 0.370 e. The minimum absolute atomic E-state index is 0.101. The summed E-state index contributed by atoms with van der Waals surface area (Å²) in [7, 11) is 0. The van der Waals surface area contributed by atoms with E-state index in [4.69, 9.17) is 18.9 Å². The molecule has 3 saturated heterocycles. The molecule has 3 aliphatic heterocycles. The Morgan fingerprint density at radius 3 is 2.46 bits per heavy atom. The summed E-state index contributed by atoms with van der Waals surface area (Å²) in [6.45, 7) is 4.65. The topological polar surface area (TPSA) is 40.2 Å². The summed E-state index contributed by atoms with van der Waals surface area (Å²) in [5.74, 6) is -0.481. The highest BCUT2D eigenvalue weighted by molar-refractivity contribution is 4.92. The predicted molar refractivity (Wildman–Crippen MR) is 43.1 cm³/mol. The summed E-state index contributed by atoms with van der Waals surface area (Å²) in [5.41, 5.74) is 0. The van der Waals surface area contributed by atoms with Crippen LogP contribution in [-0.2, 0) is 18.9 Å². The number of ether oxygens (including phenoxy) is 4. The number of epoxide rings is 1. The molecule has 0 amide bonds. The van der Waals surface area contributed by atoms with Crippen LogP contribution in [0.5, 0.6) is 0 Å². The van der Waals surface area contributed by atoms with E-state index in [0.29, 0.717) is 6.10 Å². The summed E-state index contributed by atoms with van der Waals surface area (Å²) >= 11 is 0. The number of hydrogen-bond acceptors (Lipinski definition) is 4. The molecular weight excluding hydrogens is 172 g/mol. The van der Waals surface area contributed by atoms with E-state index < -0.39 is 5.79 Å². The molecule has 0 aromatic carbocycles. The van der Waals surface area contributed by atoms with Crippen molar-refractivity contribution in [3.63, 3.8) is 0 Å². The maximum atomic E-state index is 5.68. The van der Waals surface area contributed by atoms with Gasteiger partial charge in [0.25, 0.3) is 0 Å². The Balaban J connectivity index is 1.66. The molecule has 0 spiro atoms. The highest BCUT2D eigenvalue weighted by atomic mass is 16.8. The van der Waals surface area contributed by atoms with Gasteiger partial charge < -0.3 is 18.9 Å². The maximum Gasteiger partial charge on any atom is 0.187 e. The minimum atomic E-state index is -0.481. The standard InChI is InChI=1S/C9H14O4/c1-9(2)12-6-3-5(7-4-10-7)11-8(6)13-9/h5-8H,3-4H2,1-2H3/t5?,6-,7?,8?/m1/s1. The van der Waals surface area contributed by atoms with E-state index in [1.807, 2.05) is 13.8 Å². The van der Waals surface area contributed by atoms with E-state index in [1.54, 1.807) is 0 Å². The van der Waals surface area contributed by atoms with Gasteiger partial charge in [-0.2, -0.15) is 0 Å². The van der Waals surface area contributed by atoms with Gasteiger partial charge in [0, 0.05) is 6.42 Å². The highest BCUT2D eigenvalue weighted by Gasteiger charge is 2.52. The van der Waals surface area contributed by atoms with Crippen LogP contribution in [0.15, 0.2) is 0 Å². The smallest absolute Gasteiger partial charge is 0.187 e. The molecule has 4 atom stereocenters. The molecule has 0 saturated carbocycles. The van der Waals surface area contributed by atoms with Gasteiger partial charge in [0.15, 0.2) is 12.1 Å². The van der Waals surface area contributed by atoms with Gasteiger partial charge in [-0.15, -0.1) is 0 Å². The van der Waals surface area contributed by atoms with Gasteiger partial charge in [-0.1, -0.05) is 0 Å². The van der Waals surface area contributed by atoms with E-state index >= 15 is 0 Å². The Kier molecular flexibility index (Phi) is 1.54. The average molecular weight is 186 g/mol. The van der Waals surface area contributed by atoms with Gasteiger partial charge in [0.05, 0.1) is 12.7 Å². The Hall–Kier alpha value is -0.160. The van der Waals surface area contributed by atoms with Crippen LogP contribution in [-0.4, -0.2) is 37.0 Å². The molecule has 3 heterocycles. The molecule has 3 rings (SSSR count). The van der Waals surface area contributed by atoms with Crippen molar-refractivity contribution in [1.29, 1.82) is 0 Å². The molecule has 74 valence electrons. The molecule has 13 heavy (non-hydrogen) atoms. The predicted octanol–water partition coefficient (Wildman–Crippen LogP) is 0.652. The lowest BCUT2D eigenvalue weighted by Gasteiger charge is -2.19. The van der Waals surface area contributed by atoms with Crippen molar-refractivity contribution in [2.45, 2.75) is 50.7 Å². The van der Waals surface area contributed by atoms with Crippen LogP contribution in [0.25, 0.3) is 0 Å². The second-order valence-electron chi connectivity index (χ2n) is 4.32. The SMILES string of the molecule is CC1(C)OC2OC(C3CO3)C[C@H]2O1. The lowest BCUT2D eigenvalue weighted by molar-refractivity contribution is -0.206. The van der Waals surface area contributed by atoms with Crippen LogP contribution in [0.4, 0.5) is 0 Å². The monoisotopic (exact) mass is 186 g/mol. The van der Waals surface area contributed by atoms with Gasteiger partial charge in [-0.3, -0.25) is 0 Å². The van der Waals surface area contributed by atoms with Crippen LogP contribution < -0.4 is 0 Å². The van der Waals surface area contributed by atoms with Crippen molar-refractivity contribution in [1.82, 2.24) is 0 Å². The normalized spacial score (nSPS) is 52.2. The van der Waals surface area contributed by atoms with E-state index in [9.17, 15) is 0 Å². The first-order valence-electron chi connectivity index (χ1n) is 4.77. The summed E-state index contributed by atoms with van der Waals surface area (Å²) in [6, 6.07) is 0. The fourth-order valence-electron chi connectivity index (χ4n) is 2.04. The van der Waals surface area contributed by atoms with Crippen molar-refractivity contribution in [3.8, 4) is 0 Å². The van der Waals surface area contributed by atoms with E-state index in [-0.39, 0.29) is 18.5 Å². The van der Waals surface area contributed by atoms with Gasteiger partial charge in [0.2, 0.25) is 0 Å². The van der Waals surface area contributed by atoms with Crippen LogP contribution in [0.2, 0.25) is 0 Å². The second-order valence-corrected chi connectivity index (χ2v) is 4.32. The second kappa shape index (κ2) is 2.45. The Morgan fingerprint density at radius 2 is 1.85 bits per heavy atom. The molecular formula is C9H14O4. The van der Waals surface area contributed by atoms with Crippen molar-refractivity contribution < 1.29 is 18.9 Å². The zero-order chi connectivity index (χ0) is 9.05. The van der Waals surface area contributed by atoms with E-state index in [0.717, 1.165) is 13.0 Å². The Labute approximate surface area is 77.1 Å². The number of fused-ring (bicyclic) bond motifs is 1. The van der Waals surface area contributed by atoms with Gasteiger partial charge >= 0.3 is 0 Å². The Bertz CT molecular complexity index is 208. The molecule has 4 heteroatoms. The summed E-state index contributed by atoms with van der Waals surface area (Å²) in [4.78, 5) is 0. The molecule has 3 unspecified atom stereocenters. The van der Waals surface area contributed by atoms with Crippen LogP contribution in [0.1, 0.15) is 20.3 Å². The third-order valence-corrected chi connectivity index (χ3v) is 2.69.